The lowest BCUT2D eigenvalue weighted by molar-refractivity contribution is -0.137. The van der Waals surface area contributed by atoms with Gasteiger partial charge in [-0.2, -0.15) is 13.2 Å². The summed E-state index contributed by atoms with van der Waals surface area (Å²) in [5.41, 5.74) is 0.734. The lowest BCUT2D eigenvalue weighted by Crippen LogP contribution is -2.14. The highest BCUT2D eigenvalue weighted by Gasteiger charge is 2.33. The van der Waals surface area contributed by atoms with Gasteiger partial charge in [-0.05, 0) is 54.6 Å². The molecule has 36 heavy (non-hydrogen) atoms. The van der Waals surface area contributed by atoms with Crippen LogP contribution in [0.3, 0.4) is 0 Å². The molecule has 5 aromatic rings. The molecule has 0 saturated heterocycles. The van der Waals surface area contributed by atoms with Crippen molar-refractivity contribution in [2.75, 3.05) is 5.32 Å². The summed E-state index contributed by atoms with van der Waals surface area (Å²) in [4.78, 5) is 17.8. The predicted molar refractivity (Wildman–Crippen MR) is 134 cm³/mol. The van der Waals surface area contributed by atoms with Crippen LogP contribution in [0.5, 0.6) is 0 Å². The largest absolute Gasteiger partial charge is 0.454 e. The number of hydrogen-bond acceptors (Lipinski definition) is 3. The van der Waals surface area contributed by atoms with Crippen LogP contribution in [0.15, 0.2) is 89.3 Å². The van der Waals surface area contributed by atoms with Crippen molar-refractivity contribution in [2.45, 2.75) is 6.18 Å². The minimum absolute atomic E-state index is 0.0434. The molecule has 180 valence electrons. The molecule has 0 aliphatic rings. The van der Waals surface area contributed by atoms with Crippen molar-refractivity contribution in [1.82, 2.24) is 4.98 Å². The maximum atomic E-state index is 13.3. The first-order valence-corrected chi connectivity index (χ1v) is 11.4. The summed E-state index contributed by atoms with van der Waals surface area (Å²) in [6.45, 7) is 0. The molecule has 0 saturated carbocycles. The van der Waals surface area contributed by atoms with Crippen LogP contribution >= 0.6 is 23.2 Å². The molecule has 2 aromatic heterocycles. The second-order valence-corrected chi connectivity index (χ2v) is 8.68. The standard InChI is InChI=1S/C27H15Cl2F3N2O2/c28-20-7-3-1-6-17(20)24-11-12-25(36-24)23-14-18(16-5-2-4-8-22(16)34-23)26(35)33-15-9-10-21(29)19(13-15)27(30,31)32/h1-14H,(H,33,35). The van der Waals surface area contributed by atoms with Crippen LogP contribution in [0.2, 0.25) is 10.0 Å². The van der Waals surface area contributed by atoms with Crippen LogP contribution in [-0.4, -0.2) is 10.9 Å². The Morgan fingerprint density at radius 2 is 1.56 bits per heavy atom. The number of carbonyl (C=O) groups excluding carboxylic acids is 1. The number of para-hydroxylation sites is 1. The number of nitrogens with one attached hydrogen (secondary N) is 1. The number of pyridine rings is 1. The van der Waals surface area contributed by atoms with Crippen molar-refractivity contribution >= 4 is 45.7 Å². The number of furan rings is 1. The maximum absolute atomic E-state index is 13.3. The maximum Gasteiger partial charge on any atom is 0.417 e. The molecular weight excluding hydrogens is 512 g/mol. The summed E-state index contributed by atoms with van der Waals surface area (Å²) in [5.74, 6) is 0.316. The molecule has 0 fully saturated rings. The minimum atomic E-state index is -4.66. The van der Waals surface area contributed by atoms with Gasteiger partial charge in [0.25, 0.3) is 5.91 Å². The highest BCUT2D eigenvalue weighted by atomic mass is 35.5. The third kappa shape index (κ3) is 4.67. The van der Waals surface area contributed by atoms with Gasteiger partial charge in [-0.15, -0.1) is 0 Å². The molecule has 9 heteroatoms. The topological polar surface area (TPSA) is 55.1 Å². The Labute approximate surface area is 213 Å². The number of fused-ring (bicyclic) bond motifs is 1. The number of anilines is 1. The van der Waals surface area contributed by atoms with Crippen molar-refractivity contribution < 1.29 is 22.4 Å². The van der Waals surface area contributed by atoms with Crippen molar-refractivity contribution in [3.8, 4) is 22.8 Å². The molecule has 0 radical (unpaired) electrons. The Morgan fingerprint density at radius 3 is 2.33 bits per heavy atom. The lowest BCUT2D eigenvalue weighted by atomic mass is 10.1. The van der Waals surface area contributed by atoms with Crippen molar-refractivity contribution in [1.29, 1.82) is 0 Å². The molecular formula is C27H15Cl2F3N2O2. The van der Waals surface area contributed by atoms with E-state index in [4.69, 9.17) is 27.6 Å². The third-order valence-electron chi connectivity index (χ3n) is 5.49. The summed E-state index contributed by atoms with van der Waals surface area (Å²) in [5, 5.41) is 3.13. The van der Waals surface area contributed by atoms with E-state index in [2.05, 4.69) is 10.3 Å². The van der Waals surface area contributed by atoms with E-state index in [1.54, 1.807) is 42.5 Å². The average molecular weight is 527 g/mol. The van der Waals surface area contributed by atoms with Gasteiger partial charge in [0.05, 0.1) is 26.7 Å². The molecule has 2 heterocycles. The van der Waals surface area contributed by atoms with Gasteiger partial charge in [0.1, 0.15) is 11.5 Å². The Balaban J connectivity index is 1.54. The number of benzene rings is 3. The molecule has 0 aliphatic carbocycles. The molecule has 5 rings (SSSR count). The number of alkyl halides is 3. The third-order valence-corrected chi connectivity index (χ3v) is 6.15. The van der Waals surface area contributed by atoms with Crippen LogP contribution in [0.1, 0.15) is 15.9 Å². The van der Waals surface area contributed by atoms with Gasteiger partial charge < -0.3 is 9.73 Å². The van der Waals surface area contributed by atoms with Crippen LogP contribution in [0.25, 0.3) is 33.7 Å². The number of amides is 1. The molecule has 0 atom stereocenters. The van der Waals surface area contributed by atoms with Gasteiger partial charge in [0.15, 0.2) is 5.76 Å². The highest BCUT2D eigenvalue weighted by Crippen LogP contribution is 2.37. The number of hydrogen-bond donors (Lipinski definition) is 1. The van der Waals surface area contributed by atoms with Crippen LogP contribution in [0.4, 0.5) is 18.9 Å². The van der Waals surface area contributed by atoms with Crippen LogP contribution in [0, 0.1) is 0 Å². The molecule has 0 bridgehead atoms. The average Bonchev–Trinajstić information content (AvgIpc) is 3.34. The number of rotatable bonds is 4. The summed E-state index contributed by atoms with van der Waals surface area (Å²) in [6, 6.07) is 22.4. The Morgan fingerprint density at radius 1 is 0.833 bits per heavy atom. The smallest absolute Gasteiger partial charge is 0.417 e. The normalized spacial score (nSPS) is 11.6. The number of aromatic nitrogens is 1. The van der Waals surface area contributed by atoms with E-state index >= 15 is 0 Å². The zero-order valence-corrected chi connectivity index (χ0v) is 19.7. The molecule has 1 N–H and O–H groups in total. The van der Waals surface area contributed by atoms with E-state index in [1.807, 2.05) is 18.2 Å². The van der Waals surface area contributed by atoms with Gasteiger partial charge >= 0.3 is 6.18 Å². The monoisotopic (exact) mass is 526 g/mol. The van der Waals surface area contributed by atoms with E-state index in [0.29, 0.717) is 38.7 Å². The zero-order chi connectivity index (χ0) is 25.4. The van der Waals surface area contributed by atoms with Gasteiger partial charge in [0.2, 0.25) is 0 Å². The zero-order valence-electron chi connectivity index (χ0n) is 18.2. The van der Waals surface area contributed by atoms with E-state index in [1.165, 1.54) is 12.1 Å². The van der Waals surface area contributed by atoms with E-state index in [0.717, 1.165) is 12.1 Å². The summed E-state index contributed by atoms with van der Waals surface area (Å²) in [7, 11) is 0. The van der Waals surface area contributed by atoms with Gasteiger partial charge in [0, 0.05) is 16.6 Å². The van der Waals surface area contributed by atoms with Gasteiger partial charge in [-0.25, -0.2) is 4.98 Å². The second-order valence-electron chi connectivity index (χ2n) is 7.86. The SMILES string of the molecule is O=C(Nc1ccc(Cl)c(C(F)(F)F)c1)c1cc(-c2ccc(-c3ccccc3Cl)o2)nc2ccccc12. The number of carbonyl (C=O) groups is 1. The fraction of sp³-hybridized carbons (Fsp3) is 0.0370. The van der Waals surface area contributed by atoms with Crippen molar-refractivity contribution in [3.63, 3.8) is 0 Å². The molecule has 0 spiro atoms. The lowest BCUT2D eigenvalue weighted by Gasteiger charge is -2.13. The van der Waals surface area contributed by atoms with E-state index < -0.39 is 22.7 Å². The van der Waals surface area contributed by atoms with Gasteiger partial charge in [-0.3, -0.25) is 4.79 Å². The first kappa shape index (κ1) is 23.9. The first-order chi connectivity index (χ1) is 17.2. The Bertz CT molecular complexity index is 1610. The summed E-state index contributed by atoms with van der Waals surface area (Å²) < 4.78 is 45.8. The minimum Gasteiger partial charge on any atom is -0.454 e. The number of nitrogens with zero attached hydrogens (tertiary/aromatic N) is 1. The summed E-state index contributed by atoms with van der Waals surface area (Å²) in [6.07, 6.45) is -4.66. The highest BCUT2D eigenvalue weighted by molar-refractivity contribution is 6.33. The molecule has 3 aromatic carbocycles. The molecule has 4 nitrogen and oxygen atoms in total. The first-order valence-electron chi connectivity index (χ1n) is 10.6. The fourth-order valence-electron chi connectivity index (χ4n) is 3.79. The van der Waals surface area contributed by atoms with E-state index in [9.17, 15) is 18.0 Å². The fourth-order valence-corrected chi connectivity index (χ4v) is 4.24. The second kappa shape index (κ2) is 9.33. The van der Waals surface area contributed by atoms with Crippen LogP contribution in [-0.2, 0) is 6.18 Å². The Hall–Kier alpha value is -3.81. The molecule has 0 aliphatic heterocycles. The molecule has 1 amide bonds. The quantitative estimate of drug-likeness (QED) is 0.254. The predicted octanol–water partition coefficient (Wildman–Crippen LogP) is 8.74. The van der Waals surface area contributed by atoms with Crippen molar-refractivity contribution in [3.05, 3.63) is 106 Å². The van der Waals surface area contributed by atoms with Crippen LogP contribution < -0.4 is 5.32 Å². The van der Waals surface area contributed by atoms with Crippen molar-refractivity contribution in [2.24, 2.45) is 0 Å². The molecule has 0 unspecified atom stereocenters. The Kier molecular flexibility index (Phi) is 6.20. The van der Waals surface area contributed by atoms with E-state index in [-0.39, 0.29) is 11.3 Å². The van der Waals surface area contributed by atoms with Gasteiger partial charge in [-0.1, -0.05) is 53.5 Å². The number of halogens is 5. The summed E-state index contributed by atoms with van der Waals surface area (Å²) >= 11 is 12.0.